The first-order valence-electron chi connectivity index (χ1n) is 7.09. The van der Waals surface area contributed by atoms with E-state index in [4.69, 9.17) is 0 Å². The standard InChI is InChI=1S/C14H29NO/c1-4-12-7-9-14(16,10-8-12)11-15-13(5-2)6-3/h12-13,15-16H,4-11H2,1-3H3. The second-order valence-electron chi connectivity index (χ2n) is 5.47. The largest absolute Gasteiger partial charge is 0.389 e. The van der Waals surface area contributed by atoms with Crippen LogP contribution in [0, 0.1) is 5.92 Å². The zero-order chi connectivity index (χ0) is 12.0. The van der Waals surface area contributed by atoms with Crippen molar-refractivity contribution in [2.24, 2.45) is 5.92 Å². The molecule has 0 spiro atoms. The minimum Gasteiger partial charge on any atom is -0.389 e. The molecule has 96 valence electrons. The molecule has 1 saturated carbocycles. The molecular weight excluding hydrogens is 198 g/mol. The van der Waals surface area contributed by atoms with E-state index in [1.807, 2.05) is 0 Å². The zero-order valence-corrected chi connectivity index (χ0v) is 11.3. The van der Waals surface area contributed by atoms with Crippen LogP contribution in [0.3, 0.4) is 0 Å². The molecule has 0 saturated heterocycles. The van der Waals surface area contributed by atoms with Crippen molar-refractivity contribution in [3.05, 3.63) is 0 Å². The normalized spacial score (nSPS) is 30.9. The first-order chi connectivity index (χ1) is 7.63. The van der Waals surface area contributed by atoms with Gasteiger partial charge in [0.2, 0.25) is 0 Å². The van der Waals surface area contributed by atoms with Crippen molar-refractivity contribution in [1.82, 2.24) is 5.32 Å². The molecule has 0 heterocycles. The summed E-state index contributed by atoms with van der Waals surface area (Å²) in [4.78, 5) is 0. The molecule has 0 unspecified atom stereocenters. The molecule has 0 aliphatic heterocycles. The second kappa shape index (κ2) is 6.61. The van der Waals surface area contributed by atoms with Crippen molar-refractivity contribution < 1.29 is 5.11 Å². The summed E-state index contributed by atoms with van der Waals surface area (Å²) in [5.74, 6) is 0.855. The molecule has 0 bridgehead atoms. The third-order valence-corrected chi connectivity index (χ3v) is 4.32. The Morgan fingerprint density at radius 2 is 1.75 bits per heavy atom. The predicted octanol–water partition coefficient (Wildman–Crippen LogP) is 3.10. The second-order valence-corrected chi connectivity index (χ2v) is 5.47. The molecule has 1 aliphatic carbocycles. The highest BCUT2D eigenvalue weighted by atomic mass is 16.3. The van der Waals surface area contributed by atoms with Crippen LogP contribution >= 0.6 is 0 Å². The maximum atomic E-state index is 10.5. The average molecular weight is 227 g/mol. The van der Waals surface area contributed by atoms with Crippen molar-refractivity contribution in [1.29, 1.82) is 0 Å². The van der Waals surface area contributed by atoms with E-state index in [0.717, 1.165) is 38.1 Å². The maximum absolute atomic E-state index is 10.5. The Morgan fingerprint density at radius 1 is 1.19 bits per heavy atom. The van der Waals surface area contributed by atoms with Crippen molar-refractivity contribution in [2.75, 3.05) is 6.54 Å². The summed E-state index contributed by atoms with van der Waals surface area (Å²) in [6.07, 6.45) is 7.97. The summed E-state index contributed by atoms with van der Waals surface area (Å²) >= 11 is 0. The van der Waals surface area contributed by atoms with E-state index in [1.165, 1.54) is 19.3 Å². The Hall–Kier alpha value is -0.0800. The molecule has 0 aromatic heterocycles. The lowest BCUT2D eigenvalue weighted by Gasteiger charge is -2.37. The summed E-state index contributed by atoms with van der Waals surface area (Å²) in [5.41, 5.74) is -0.422. The van der Waals surface area contributed by atoms with Gasteiger partial charge >= 0.3 is 0 Å². The SMILES string of the molecule is CCC1CCC(O)(CNC(CC)CC)CC1. The van der Waals surface area contributed by atoms with Gasteiger partial charge in [0.1, 0.15) is 0 Å². The highest BCUT2D eigenvalue weighted by Crippen LogP contribution is 2.33. The molecule has 0 aromatic rings. The van der Waals surface area contributed by atoms with Crippen LogP contribution < -0.4 is 5.32 Å². The number of hydrogen-bond acceptors (Lipinski definition) is 2. The lowest BCUT2D eigenvalue weighted by Crippen LogP contribution is -2.46. The highest BCUT2D eigenvalue weighted by molar-refractivity contribution is 4.87. The number of hydrogen-bond donors (Lipinski definition) is 2. The molecule has 1 aliphatic rings. The lowest BCUT2D eigenvalue weighted by atomic mass is 9.77. The van der Waals surface area contributed by atoms with E-state index in [1.54, 1.807) is 0 Å². The summed E-state index contributed by atoms with van der Waals surface area (Å²) in [5, 5.41) is 14.0. The van der Waals surface area contributed by atoms with Crippen molar-refractivity contribution >= 4 is 0 Å². The zero-order valence-electron chi connectivity index (χ0n) is 11.3. The molecule has 2 N–H and O–H groups in total. The van der Waals surface area contributed by atoms with Gasteiger partial charge in [0, 0.05) is 12.6 Å². The minimum absolute atomic E-state index is 0.422. The van der Waals surface area contributed by atoms with Crippen LogP contribution in [0.25, 0.3) is 0 Å². The van der Waals surface area contributed by atoms with Gasteiger partial charge in [0.25, 0.3) is 0 Å². The van der Waals surface area contributed by atoms with Crippen LogP contribution in [0.4, 0.5) is 0 Å². The van der Waals surface area contributed by atoms with E-state index < -0.39 is 5.60 Å². The van der Waals surface area contributed by atoms with Crippen LogP contribution in [-0.4, -0.2) is 23.3 Å². The van der Waals surface area contributed by atoms with Crippen LogP contribution in [0.15, 0.2) is 0 Å². The third-order valence-electron chi connectivity index (χ3n) is 4.32. The van der Waals surface area contributed by atoms with Gasteiger partial charge in [-0.15, -0.1) is 0 Å². The first kappa shape index (κ1) is 14.0. The monoisotopic (exact) mass is 227 g/mol. The number of nitrogens with one attached hydrogen (secondary N) is 1. The summed E-state index contributed by atoms with van der Waals surface area (Å²) in [6, 6.07) is 0.577. The number of rotatable bonds is 6. The van der Waals surface area contributed by atoms with Crippen LogP contribution in [0.2, 0.25) is 0 Å². The molecular formula is C14H29NO. The molecule has 0 amide bonds. The molecule has 1 rings (SSSR count). The Bertz CT molecular complexity index is 181. The fourth-order valence-corrected chi connectivity index (χ4v) is 2.71. The van der Waals surface area contributed by atoms with Gasteiger partial charge in [-0.25, -0.2) is 0 Å². The summed E-state index contributed by atoms with van der Waals surface area (Å²) in [6.45, 7) is 7.46. The van der Waals surface area contributed by atoms with Crippen molar-refractivity contribution in [3.8, 4) is 0 Å². The van der Waals surface area contributed by atoms with Gasteiger partial charge in [0.05, 0.1) is 5.60 Å². The van der Waals surface area contributed by atoms with Gasteiger partial charge < -0.3 is 10.4 Å². The van der Waals surface area contributed by atoms with Crippen molar-refractivity contribution in [2.45, 2.75) is 77.4 Å². The third kappa shape index (κ3) is 4.06. The van der Waals surface area contributed by atoms with Crippen LogP contribution in [0.5, 0.6) is 0 Å². The molecule has 16 heavy (non-hydrogen) atoms. The van der Waals surface area contributed by atoms with E-state index in [-0.39, 0.29) is 0 Å². The van der Waals surface area contributed by atoms with Crippen molar-refractivity contribution in [3.63, 3.8) is 0 Å². The van der Waals surface area contributed by atoms with Crippen LogP contribution in [0.1, 0.15) is 65.7 Å². The Kier molecular flexibility index (Phi) is 5.77. The first-order valence-corrected chi connectivity index (χ1v) is 7.09. The molecule has 2 heteroatoms. The Labute approximate surface area is 101 Å². The summed E-state index contributed by atoms with van der Waals surface area (Å²) in [7, 11) is 0. The maximum Gasteiger partial charge on any atom is 0.0771 e. The fourth-order valence-electron chi connectivity index (χ4n) is 2.71. The molecule has 2 nitrogen and oxygen atoms in total. The molecule has 0 radical (unpaired) electrons. The van der Waals surface area contributed by atoms with Gasteiger partial charge in [-0.3, -0.25) is 0 Å². The van der Waals surface area contributed by atoms with Gasteiger partial charge in [-0.2, -0.15) is 0 Å². The minimum atomic E-state index is -0.422. The van der Waals surface area contributed by atoms with Gasteiger partial charge in [0.15, 0.2) is 0 Å². The van der Waals surface area contributed by atoms with E-state index >= 15 is 0 Å². The highest BCUT2D eigenvalue weighted by Gasteiger charge is 2.32. The Morgan fingerprint density at radius 3 is 2.19 bits per heavy atom. The van der Waals surface area contributed by atoms with Crippen LogP contribution in [-0.2, 0) is 0 Å². The average Bonchev–Trinajstić information content (AvgIpc) is 2.31. The Balaban J connectivity index is 2.30. The topological polar surface area (TPSA) is 32.3 Å². The lowest BCUT2D eigenvalue weighted by molar-refractivity contribution is -0.0108. The molecule has 0 aromatic carbocycles. The summed E-state index contributed by atoms with van der Waals surface area (Å²) < 4.78 is 0. The van der Waals surface area contributed by atoms with Gasteiger partial charge in [-0.05, 0) is 44.4 Å². The van der Waals surface area contributed by atoms with E-state index in [2.05, 4.69) is 26.1 Å². The molecule has 1 fully saturated rings. The van der Waals surface area contributed by atoms with E-state index in [0.29, 0.717) is 6.04 Å². The molecule has 0 atom stereocenters. The number of aliphatic hydroxyl groups is 1. The smallest absolute Gasteiger partial charge is 0.0771 e. The van der Waals surface area contributed by atoms with Gasteiger partial charge in [-0.1, -0.05) is 27.2 Å². The fraction of sp³-hybridized carbons (Fsp3) is 1.00. The quantitative estimate of drug-likeness (QED) is 0.731. The predicted molar refractivity (Wildman–Crippen MR) is 69.6 cm³/mol. The van der Waals surface area contributed by atoms with E-state index in [9.17, 15) is 5.11 Å².